The van der Waals surface area contributed by atoms with Gasteiger partial charge in [-0.1, -0.05) is 25.5 Å². The molecule has 0 atom stereocenters. The normalized spacial score (nSPS) is 15.8. The van der Waals surface area contributed by atoms with Crippen molar-refractivity contribution in [1.82, 2.24) is 5.32 Å². The van der Waals surface area contributed by atoms with Crippen LogP contribution < -0.4 is 10.6 Å². The Labute approximate surface area is 132 Å². The Bertz CT molecular complexity index is 595. The zero-order valence-corrected chi connectivity index (χ0v) is 12.8. The molecule has 2 N–H and O–H groups in total. The number of benzene rings is 1. The number of carbonyl (C=O) groups excluding carboxylic acids is 2. The lowest BCUT2D eigenvalue weighted by Gasteiger charge is -2.18. The molecule has 4 nitrogen and oxygen atoms in total. The fraction of sp³-hybridized carbons (Fsp3) is 0.500. The molecule has 0 aliphatic heterocycles. The molecule has 7 heteroatoms. The number of nitrogens with one attached hydrogen (secondary N) is 2. The summed E-state index contributed by atoms with van der Waals surface area (Å²) in [4.78, 5) is 24.4. The smallest absolute Gasteiger partial charge is 0.355 e. The molecule has 126 valence electrons. The molecular formula is C16H19F3N2O2. The Balaban J connectivity index is 2.09. The number of para-hydroxylation sites is 1. The van der Waals surface area contributed by atoms with Gasteiger partial charge in [0.2, 0.25) is 11.8 Å². The summed E-state index contributed by atoms with van der Waals surface area (Å²) in [5.41, 5.74) is -2.47. The van der Waals surface area contributed by atoms with Crippen LogP contribution >= 0.6 is 0 Å². The number of unbranched alkanes of at least 4 members (excludes halogenated alkanes) is 1. The summed E-state index contributed by atoms with van der Waals surface area (Å²) >= 11 is 0. The molecular weight excluding hydrogens is 309 g/mol. The van der Waals surface area contributed by atoms with Crippen LogP contribution in [0.3, 0.4) is 0 Å². The maximum Gasteiger partial charge on any atom is 0.418 e. The second-order valence-electron chi connectivity index (χ2n) is 5.69. The van der Waals surface area contributed by atoms with Gasteiger partial charge in [-0.15, -0.1) is 0 Å². The maximum absolute atomic E-state index is 12.9. The van der Waals surface area contributed by atoms with Crippen molar-refractivity contribution in [2.75, 3.05) is 11.9 Å². The van der Waals surface area contributed by atoms with Gasteiger partial charge in [0.25, 0.3) is 0 Å². The lowest BCUT2D eigenvalue weighted by atomic mass is 10.0. The first-order chi connectivity index (χ1) is 10.8. The minimum absolute atomic E-state index is 0.322. The Hall–Kier alpha value is -2.05. The number of hydrogen-bond acceptors (Lipinski definition) is 2. The Morgan fingerprint density at radius 1 is 1.17 bits per heavy atom. The van der Waals surface area contributed by atoms with Crippen molar-refractivity contribution < 1.29 is 22.8 Å². The molecule has 23 heavy (non-hydrogen) atoms. The Morgan fingerprint density at radius 3 is 2.39 bits per heavy atom. The van der Waals surface area contributed by atoms with Gasteiger partial charge in [-0.25, -0.2) is 0 Å². The molecule has 1 saturated carbocycles. The van der Waals surface area contributed by atoms with Crippen molar-refractivity contribution in [3.05, 3.63) is 29.8 Å². The number of anilines is 1. The van der Waals surface area contributed by atoms with Gasteiger partial charge in [0, 0.05) is 6.54 Å². The molecule has 1 aliphatic rings. The quantitative estimate of drug-likeness (QED) is 0.621. The topological polar surface area (TPSA) is 58.2 Å². The fourth-order valence-corrected chi connectivity index (χ4v) is 2.31. The summed E-state index contributed by atoms with van der Waals surface area (Å²) in [7, 11) is 0. The SMILES string of the molecule is CCCCNC(=O)C1(C(=O)Nc2ccccc2C(F)(F)F)CC1. The number of hydrogen-bond donors (Lipinski definition) is 2. The van der Waals surface area contributed by atoms with E-state index in [9.17, 15) is 22.8 Å². The van der Waals surface area contributed by atoms with Crippen LogP contribution in [-0.2, 0) is 15.8 Å². The third-order valence-electron chi connectivity index (χ3n) is 3.92. The Kier molecular flexibility index (Phi) is 4.97. The van der Waals surface area contributed by atoms with Crippen molar-refractivity contribution in [1.29, 1.82) is 0 Å². The van der Waals surface area contributed by atoms with Gasteiger partial charge in [-0.05, 0) is 31.4 Å². The summed E-state index contributed by atoms with van der Waals surface area (Å²) in [6.45, 7) is 2.43. The first-order valence-corrected chi connectivity index (χ1v) is 7.57. The minimum Gasteiger partial charge on any atom is -0.355 e. The summed E-state index contributed by atoms with van der Waals surface area (Å²) in [6, 6.07) is 4.75. The van der Waals surface area contributed by atoms with Crippen LogP contribution in [0, 0.1) is 5.41 Å². The molecule has 1 aromatic rings. The van der Waals surface area contributed by atoms with E-state index in [1.54, 1.807) is 0 Å². The first kappa shape index (κ1) is 17.3. The number of alkyl halides is 3. The van der Waals surface area contributed by atoms with Gasteiger partial charge in [0.05, 0.1) is 11.3 Å². The van der Waals surface area contributed by atoms with E-state index in [4.69, 9.17) is 0 Å². The summed E-state index contributed by atoms with van der Waals surface area (Å²) in [5.74, 6) is -1.09. The molecule has 0 spiro atoms. The fourth-order valence-electron chi connectivity index (χ4n) is 2.31. The highest BCUT2D eigenvalue weighted by Crippen LogP contribution is 2.47. The molecule has 0 saturated heterocycles. The van der Waals surface area contributed by atoms with Crippen molar-refractivity contribution in [2.24, 2.45) is 5.41 Å². The van der Waals surface area contributed by atoms with Crippen LogP contribution in [0.4, 0.5) is 18.9 Å². The van der Waals surface area contributed by atoms with Gasteiger partial charge in [-0.2, -0.15) is 13.2 Å². The molecule has 2 rings (SSSR count). The van der Waals surface area contributed by atoms with E-state index in [0.717, 1.165) is 18.9 Å². The van der Waals surface area contributed by atoms with E-state index >= 15 is 0 Å². The van der Waals surface area contributed by atoms with Crippen LogP contribution in [0.5, 0.6) is 0 Å². The number of rotatable bonds is 6. The minimum atomic E-state index is -4.57. The third-order valence-corrected chi connectivity index (χ3v) is 3.92. The summed E-state index contributed by atoms with van der Waals surface area (Å²) < 4.78 is 38.8. The van der Waals surface area contributed by atoms with Crippen LogP contribution in [0.2, 0.25) is 0 Å². The predicted octanol–water partition coefficient (Wildman–Crippen LogP) is 3.34. The maximum atomic E-state index is 12.9. The van der Waals surface area contributed by atoms with Gasteiger partial charge in [-0.3, -0.25) is 9.59 Å². The van der Waals surface area contributed by atoms with E-state index in [2.05, 4.69) is 10.6 Å². The largest absolute Gasteiger partial charge is 0.418 e. The molecule has 1 aromatic carbocycles. The zero-order chi connectivity index (χ0) is 17.1. The number of halogens is 3. The van der Waals surface area contributed by atoms with Crippen LogP contribution in [-0.4, -0.2) is 18.4 Å². The highest BCUT2D eigenvalue weighted by Gasteiger charge is 2.56. The monoisotopic (exact) mass is 328 g/mol. The van der Waals surface area contributed by atoms with E-state index in [-0.39, 0.29) is 5.69 Å². The summed E-state index contributed by atoms with van der Waals surface area (Å²) in [5, 5.41) is 4.95. The van der Waals surface area contributed by atoms with E-state index in [1.807, 2.05) is 6.92 Å². The molecule has 0 heterocycles. The average Bonchev–Trinajstić information content (AvgIpc) is 3.28. The van der Waals surface area contributed by atoms with Crippen LogP contribution in [0.1, 0.15) is 38.2 Å². The van der Waals surface area contributed by atoms with Gasteiger partial charge in [0.1, 0.15) is 5.41 Å². The van der Waals surface area contributed by atoms with Crippen molar-refractivity contribution in [2.45, 2.75) is 38.8 Å². The molecule has 0 bridgehead atoms. The highest BCUT2D eigenvalue weighted by molar-refractivity contribution is 6.13. The van der Waals surface area contributed by atoms with E-state index < -0.39 is 29.0 Å². The molecule has 1 fully saturated rings. The molecule has 2 amide bonds. The molecule has 1 aliphatic carbocycles. The lowest BCUT2D eigenvalue weighted by molar-refractivity contribution is -0.137. The second-order valence-corrected chi connectivity index (χ2v) is 5.69. The van der Waals surface area contributed by atoms with Gasteiger partial charge in [0.15, 0.2) is 0 Å². The molecule has 0 aromatic heterocycles. The highest BCUT2D eigenvalue weighted by atomic mass is 19.4. The number of carbonyl (C=O) groups is 2. The van der Waals surface area contributed by atoms with E-state index in [1.165, 1.54) is 18.2 Å². The molecule has 0 unspecified atom stereocenters. The first-order valence-electron chi connectivity index (χ1n) is 7.57. The van der Waals surface area contributed by atoms with Crippen molar-refractivity contribution >= 4 is 17.5 Å². The van der Waals surface area contributed by atoms with Crippen LogP contribution in [0.25, 0.3) is 0 Å². The average molecular weight is 328 g/mol. The lowest BCUT2D eigenvalue weighted by Crippen LogP contribution is -2.40. The summed E-state index contributed by atoms with van der Waals surface area (Å²) in [6.07, 6.45) is -2.17. The van der Waals surface area contributed by atoms with Gasteiger partial charge >= 0.3 is 6.18 Å². The third kappa shape index (κ3) is 3.83. The standard InChI is InChI=1S/C16H19F3N2O2/c1-2-3-10-20-13(22)15(8-9-15)14(23)21-12-7-5-4-6-11(12)16(17,18)19/h4-7H,2-3,8-10H2,1H3,(H,20,22)(H,21,23). The predicted molar refractivity (Wildman–Crippen MR) is 79.7 cm³/mol. The molecule has 0 radical (unpaired) electrons. The van der Waals surface area contributed by atoms with Crippen molar-refractivity contribution in [3.8, 4) is 0 Å². The van der Waals surface area contributed by atoms with Gasteiger partial charge < -0.3 is 10.6 Å². The second kappa shape index (κ2) is 6.60. The van der Waals surface area contributed by atoms with Crippen molar-refractivity contribution in [3.63, 3.8) is 0 Å². The zero-order valence-electron chi connectivity index (χ0n) is 12.8. The van der Waals surface area contributed by atoms with E-state index in [0.29, 0.717) is 19.4 Å². The van der Waals surface area contributed by atoms with Crippen LogP contribution in [0.15, 0.2) is 24.3 Å². The Morgan fingerprint density at radius 2 is 1.83 bits per heavy atom. The number of amides is 2.